The summed E-state index contributed by atoms with van der Waals surface area (Å²) in [5, 5.41) is 18.6. The van der Waals surface area contributed by atoms with E-state index in [9.17, 15) is 0 Å². The Morgan fingerprint density at radius 1 is 1.19 bits per heavy atom. The fraction of sp³-hybridized carbons (Fsp3) is 0. The fourth-order valence-electron chi connectivity index (χ4n) is 1.17. The van der Waals surface area contributed by atoms with Crippen LogP contribution in [-0.2, 0) is 0 Å². The van der Waals surface area contributed by atoms with Gasteiger partial charge in [-0.1, -0.05) is 11.8 Å². The molecule has 0 fully saturated rings. The number of nitrogens with zero attached hydrogens (tertiary/aromatic N) is 2. The van der Waals surface area contributed by atoms with E-state index in [1.165, 1.54) is 11.8 Å². The number of phenolic OH excluding ortho intramolecular Hbond substituents is 1. The van der Waals surface area contributed by atoms with E-state index in [4.69, 9.17) is 10.4 Å². The molecule has 0 unspecified atom stereocenters. The molecule has 4 heteroatoms. The van der Waals surface area contributed by atoms with E-state index >= 15 is 0 Å². The predicted octanol–water partition coefficient (Wildman–Crippen LogP) is 2.81. The number of phenols is 1. The molecule has 0 saturated heterocycles. The lowest BCUT2D eigenvalue weighted by atomic mass is 10.3. The van der Waals surface area contributed by atoms with Crippen LogP contribution in [0.1, 0.15) is 5.56 Å². The molecule has 0 aliphatic heterocycles. The standard InChI is InChI=1S/C12H8N2OS/c13-8-9-5-6-14-12(7-9)16-11-3-1-10(15)2-4-11/h1-7,15H. The first-order valence-electron chi connectivity index (χ1n) is 4.61. The van der Waals surface area contributed by atoms with Crippen LogP contribution in [0.4, 0.5) is 0 Å². The van der Waals surface area contributed by atoms with E-state index in [1.54, 1.807) is 42.6 Å². The SMILES string of the molecule is N#Cc1ccnc(Sc2ccc(O)cc2)c1. The molecule has 0 aliphatic rings. The minimum absolute atomic E-state index is 0.239. The quantitative estimate of drug-likeness (QED) is 0.858. The lowest BCUT2D eigenvalue weighted by Gasteiger charge is -2.00. The van der Waals surface area contributed by atoms with Gasteiger partial charge >= 0.3 is 0 Å². The highest BCUT2D eigenvalue weighted by Gasteiger charge is 2.00. The first kappa shape index (κ1) is 10.5. The molecule has 0 saturated carbocycles. The van der Waals surface area contributed by atoms with Crippen LogP contribution < -0.4 is 0 Å². The van der Waals surface area contributed by atoms with Gasteiger partial charge in [0, 0.05) is 11.1 Å². The van der Waals surface area contributed by atoms with Crippen LogP contribution in [0.5, 0.6) is 5.75 Å². The largest absolute Gasteiger partial charge is 0.508 e. The van der Waals surface area contributed by atoms with Gasteiger partial charge in [-0.25, -0.2) is 4.98 Å². The second-order valence-corrected chi connectivity index (χ2v) is 4.18. The van der Waals surface area contributed by atoms with E-state index < -0.39 is 0 Å². The molecule has 2 rings (SSSR count). The van der Waals surface area contributed by atoms with Gasteiger partial charge in [-0.3, -0.25) is 0 Å². The molecule has 1 N–H and O–H groups in total. The van der Waals surface area contributed by atoms with Crippen LogP contribution in [0.2, 0.25) is 0 Å². The topological polar surface area (TPSA) is 56.9 Å². The first-order valence-corrected chi connectivity index (χ1v) is 5.42. The highest BCUT2D eigenvalue weighted by molar-refractivity contribution is 7.99. The summed E-state index contributed by atoms with van der Waals surface area (Å²) < 4.78 is 0. The van der Waals surface area contributed by atoms with Gasteiger partial charge in [0.2, 0.25) is 0 Å². The molecule has 0 amide bonds. The molecular weight excluding hydrogens is 220 g/mol. The Balaban J connectivity index is 2.21. The Hall–Kier alpha value is -1.99. The van der Waals surface area contributed by atoms with Gasteiger partial charge in [-0.2, -0.15) is 5.26 Å². The number of rotatable bonds is 2. The van der Waals surface area contributed by atoms with Crippen LogP contribution >= 0.6 is 11.8 Å². The second kappa shape index (κ2) is 4.69. The molecule has 2 aromatic rings. The Labute approximate surface area is 97.4 Å². The maximum Gasteiger partial charge on any atom is 0.115 e. The van der Waals surface area contributed by atoms with E-state index in [0.29, 0.717) is 5.56 Å². The number of aromatic nitrogens is 1. The smallest absolute Gasteiger partial charge is 0.115 e. The lowest BCUT2D eigenvalue weighted by Crippen LogP contribution is -1.81. The number of hydrogen-bond acceptors (Lipinski definition) is 4. The van der Waals surface area contributed by atoms with Crippen LogP contribution in [0.15, 0.2) is 52.5 Å². The minimum atomic E-state index is 0.239. The highest BCUT2D eigenvalue weighted by Crippen LogP contribution is 2.27. The molecule has 1 aromatic carbocycles. The number of aromatic hydroxyl groups is 1. The molecule has 0 atom stereocenters. The Bertz CT molecular complexity index is 531. The van der Waals surface area contributed by atoms with Crippen molar-refractivity contribution < 1.29 is 5.11 Å². The molecule has 0 aliphatic carbocycles. The molecule has 0 radical (unpaired) electrons. The second-order valence-electron chi connectivity index (χ2n) is 3.09. The maximum atomic E-state index is 9.14. The molecule has 16 heavy (non-hydrogen) atoms. The van der Waals surface area contributed by atoms with E-state index in [1.807, 2.05) is 0 Å². The van der Waals surface area contributed by atoms with Crippen molar-refractivity contribution in [1.29, 1.82) is 5.26 Å². The van der Waals surface area contributed by atoms with Crippen molar-refractivity contribution in [2.24, 2.45) is 0 Å². The Morgan fingerprint density at radius 2 is 1.94 bits per heavy atom. The summed E-state index contributed by atoms with van der Waals surface area (Å²) in [7, 11) is 0. The Morgan fingerprint density at radius 3 is 2.62 bits per heavy atom. The zero-order valence-electron chi connectivity index (χ0n) is 8.29. The van der Waals surface area contributed by atoms with E-state index in [0.717, 1.165) is 9.92 Å². The third-order valence-electron chi connectivity index (χ3n) is 1.92. The zero-order valence-corrected chi connectivity index (χ0v) is 9.11. The van der Waals surface area contributed by atoms with Crippen LogP contribution in [0.25, 0.3) is 0 Å². The van der Waals surface area contributed by atoms with Crippen molar-refractivity contribution in [2.45, 2.75) is 9.92 Å². The van der Waals surface area contributed by atoms with Crippen molar-refractivity contribution >= 4 is 11.8 Å². The summed E-state index contributed by atoms with van der Waals surface area (Å²) in [6, 6.07) is 12.3. The van der Waals surface area contributed by atoms with Crippen molar-refractivity contribution in [3.8, 4) is 11.8 Å². The molecular formula is C12H8N2OS. The van der Waals surface area contributed by atoms with Crippen LogP contribution in [-0.4, -0.2) is 10.1 Å². The zero-order chi connectivity index (χ0) is 11.4. The Kier molecular flexibility index (Phi) is 3.08. The van der Waals surface area contributed by atoms with Crippen LogP contribution in [0.3, 0.4) is 0 Å². The summed E-state index contributed by atoms with van der Waals surface area (Å²) in [5.74, 6) is 0.239. The third kappa shape index (κ3) is 2.53. The van der Waals surface area contributed by atoms with Gasteiger partial charge in [-0.05, 0) is 36.4 Å². The third-order valence-corrected chi connectivity index (χ3v) is 2.86. The highest BCUT2D eigenvalue weighted by atomic mass is 32.2. The molecule has 3 nitrogen and oxygen atoms in total. The minimum Gasteiger partial charge on any atom is -0.508 e. The van der Waals surface area contributed by atoms with Gasteiger partial charge in [0.25, 0.3) is 0 Å². The summed E-state index contributed by atoms with van der Waals surface area (Å²) in [4.78, 5) is 5.13. The number of benzene rings is 1. The van der Waals surface area contributed by atoms with Gasteiger partial charge in [0.05, 0.1) is 11.6 Å². The summed E-state index contributed by atoms with van der Waals surface area (Å²) in [6.45, 7) is 0. The van der Waals surface area contributed by atoms with E-state index in [-0.39, 0.29) is 5.75 Å². The first-order chi connectivity index (χ1) is 7.78. The normalized spacial score (nSPS) is 9.69. The predicted molar refractivity (Wildman–Crippen MR) is 61.2 cm³/mol. The van der Waals surface area contributed by atoms with E-state index in [2.05, 4.69) is 11.1 Å². The maximum absolute atomic E-state index is 9.14. The van der Waals surface area contributed by atoms with Crippen LogP contribution in [0, 0.1) is 11.3 Å². The number of pyridine rings is 1. The van der Waals surface area contributed by atoms with Crippen molar-refractivity contribution in [2.75, 3.05) is 0 Å². The molecule has 1 heterocycles. The number of hydrogen-bond donors (Lipinski definition) is 1. The summed E-state index contributed by atoms with van der Waals surface area (Å²) in [5.41, 5.74) is 0.594. The lowest BCUT2D eigenvalue weighted by molar-refractivity contribution is 0.475. The summed E-state index contributed by atoms with van der Waals surface area (Å²) >= 11 is 1.45. The van der Waals surface area contributed by atoms with Crippen molar-refractivity contribution in [3.63, 3.8) is 0 Å². The molecule has 0 bridgehead atoms. The van der Waals surface area contributed by atoms with Gasteiger partial charge in [0.1, 0.15) is 10.8 Å². The molecule has 0 spiro atoms. The molecule has 1 aromatic heterocycles. The fourth-order valence-corrected chi connectivity index (χ4v) is 1.98. The van der Waals surface area contributed by atoms with Gasteiger partial charge in [0.15, 0.2) is 0 Å². The average Bonchev–Trinajstić information content (AvgIpc) is 2.32. The van der Waals surface area contributed by atoms with Crippen molar-refractivity contribution in [1.82, 2.24) is 4.98 Å². The number of nitriles is 1. The monoisotopic (exact) mass is 228 g/mol. The average molecular weight is 228 g/mol. The van der Waals surface area contributed by atoms with Gasteiger partial charge in [-0.15, -0.1) is 0 Å². The van der Waals surface area contributed by atoms with Gasteiger partial charge < -0.3 is 5.11 Å². The summed E-state index contributed by atoms with van der Waals surface area (Å²) in [6.07, 6.45) is 1.61. The molecule has 78 valence electrons. The van der Waals surface area contributed by atoms with Crippen molar-refractivity contribution in [3.05, 3.63) is 48.2 Å².